The van der Waals surface area contributed by atoms with Gasteiger partial charge in [0.1, 0.15) is 12.0 Å². The van der Waals surface area contributed by atoms with Crippen molar-refractivity contribution in [2.75, 3.05) is 6.61 Å². The first-order valence-electron chi connectivity index (χ1n) is 5.67. The Balaban J connectivity index is 1.97. The number of nitrogens with one attached hydrogen (secondary N) is 1. The first-order valence-corrected chi connectivity index (χ1v) is 5.67. The van der Waals surface area contributed by atoms with Crippen LogP contribution in [0.1, 0.15) is 35.4 Å². The Kier molecular flexibility index (Phi) is 3.29. The van der Waals surface area contributed by atoms with E-state index in [0.29, 0.717) is 5.56 Å². The number of hydrogen-bond donors (Lipinski definition) is 2. The lowest BCUT2D eigenvalue weighted by Gasteiger charge is -2.18. The van der Waals surface area contributed by atoms with E-state index in [0.717, 1.165) is 25.0 Å². The Bertz CT molecular complexity index is 372. The van der Waals surface area contributed by atoms with Gasteiger partial charge in [-0.25, -0.2) is 0 Å². The fraction of sp³-hybridized carbons (Fsp3) is 0.583. The fourth-order valence-corrected chi connectivity index (χ4v) is 2.26. The van der Waals surface area contributed by atoms with Gasteiger partial charge < -0.3 is 14.8 Å². The molecule has 1 fully saturated rings. The maximum absolute atomic E-state index is 11.8. The number of furan rings is 1. The minimum atomic E-state index is -0.109. The highest BCUT2D eigenvalue weighted by atomic mass is 16.3. The molecule has 2 N–H and O–H groups in total. The quantitative estimate of drug-likeness (QED) is 0.815. The molecule has 0 radical (unpaired) electrons. The van der Waals surface area contributed by atoms with Crippen LogP contribution in [0.25, 0.3) is 0 Å². The molecule has 88 valence electrons. The first-order chi connectivity index (χ1) is 7.70. The highest BCUT2D eigenvalue weighted by Gasteiger charge is 2.28. The summed E-state index contributed by atoms with van der Waals surface area (Å²) in [6, 6.07) is 1.82. The number of amides is 1. The molecule has 1 aliphatic carbocycles. The molecule has 0 saturated heterocycles. The van der Waals surface area contributed by atoms with Crippen molar-refractivity contribution in [1.29, 1.82) is 0 Å². The Hall–Kier alpha value is -1.29. The van der Waals surface area contributed by atoms with Gasteiger partial charge in [-0.1, -0.05) is 6.42 Å². The molecule has 1 amide bonds. The van der Waals surface area contributed by atoms with Crippen molar-refractivity contribution in [1.82, 2.24) is 5.32 Å². The van der Waals surface area contributed by atoms with E-state index in [-0.39, 0.29) is 24.5 Å². The van der Waals surface area contributed by atoms with Crippen molar-refractivity contribution < 1.29 is 14.3 Å². The molecule has 0 bridgehead atoms. The van der Waals surface area contributed by atoms with E-state index in [2.05, 4.69) is 5.32 Å². The van der Waals surface area contributed by atoms with Crippen molar-refractivity contribution >= 4 is 5.91 Å². The number of aliphatic hydroxyl groups excluding tert-OH is 1. The first kappa shape index (κ1) is 11.2. The van der Waals surface area contributed by atoms with E-state index in [4.69, 9.17) is 9.52 Å². The summed E-state index contributed by atoms with van der Waals surface area (Å²) >= 11 is 0. The van der Waals surface area contributed by atoms with Gasteiger partial charge in [-0.15, -0.1) is 0 Å². The zero-order chi connectivity index (χ0) is 11.5. The summed E-state index contributed by atoms with van der Waals surface area (Å²) in [4.78, 5) is 11.8. The van der Waals surface area contributed by atoms with Crippen molar-refractivity contribution in [3.8, 4) is 0 Å². The molecule has 1 aliphatic rings. The number of carbonyl (C=O) groups is 1. The molecule has 1 saturated carbocycles. The molecular weight excluding hydrogens is 206 g/mol. The van der Waals surface area contributed by atoms with E-state index in [1.807, 2.05) is 6.92 Å². The van der Waals surface area contributed by atoms with Crippen LogP contribution in [0.3, 0.4) is 0 Å². The zero-order valence-corrected chi connectivity index (χ0v) is 9.40. The van der Waals surface area contributed by atoms with Crippen molar-refractivity contribution in [2.24, 2.45) is 5.92 Å². The van der Waals surface area contributed by atoms with Gasteiger partial charge in [0.2, 0.25) is 0 Å². The monoisotopic (exact) mass is 223 g/mol. The Morgan fingerprint density at radius 2 is 2.44 bits per heavy atom. The standard InChI is InChI=1S/C12H17NO3/c1-8-5-10(7-16-8)12(15)13-11-4-2-3-9(11)6-14/h5,7,9,11,14H,2-4,6H2,1H3,(H,13,15). The van der Waals surface area contributed by atoms with Gasteiger partial charge in [0.15, 0.2) is 0 Å². The van der Waals surface area contributed by atoms with Gasteiger partial charge in [0.25, 0.3) is 5.91 Å². The summed E-state index contributed by atoms with van der Waals surface area (Å²) in [6.07, 6.45) is 4.48. The highest BCUT2D eigenvalue weighted by Crippen LogP contribution is 2.25. The van der Waals surface area contributed by atoms with Crippen molar-refractivity contribution in [3.63, 3.8) is 0 Å². The predicted molar refractivity (Wildman–Crippen MR) is 59.1 cm³/mol. The highest BCUT2D eigenvalue weighted by molar-refractivity contribution is 5.94. The molecule has 4 heteroatoms. The second kappa shape index (κ2) is 4.70. The molecule has 2 atom stereocenters. The number of rotatable bonds is 3. The lowest BCUT2D eigenvalue weighted by Crippen LogP contribution is -2.38. The van der Waals surface area contributed by atoms with Crippen LogP contribution < -0.4 is 5.32 Å². The third-order valence-corrected chi connectivity index (χ3v) is 3.20. The second-order valence-corrected chi connectivity index (χ2v) is 4.40. The lowest BCUT2D eigenvalue weighted by molar-refractivity contribution is 0.0915. The molecule has 4 nitrogen and oxygen atoms in total. The van der Waals surface area contributed by atoms with E-state index in [9.17, 15) is 4.79 Å². The number of aryl methyl sites for hydroxylation is 1. The SMILES string of the molecule is Cc1cc(C(=O)NC2CCCC2CO)co1. The summed E-state index contributed by atoms with van der Waals surface area (Å²) in [5.41, 5.74) is 0.557. The van der Waals surface area contributed by atoms with Crippen LogP contribution in [0.15, 0.2) is 16.7 Å². The van der Waals surface area contributed by atoms with Gasteiger partial charge in [0, 0.05) is 18.6 Å². The van der Waals surface area contributed by atoms with Gasteiger partial charge >= 0.3 is 0 Å². The molecule has 0 aliphatic heterocycles. The Labute approximate surface area is 94.6 Å². The lowest BCUT2D eigenvalue weighted by atomic mass is 10.0. The summed E-state index contributed by atoms with van der Waals surface area (Å²) in [7, 11) is 0. The van der Waals surface area contributed by atoms with Crippen LogP contribution in [-0.4, -0.2) is 23.7 Å². The van der Waals surface area contributed by atoms with Gasteiger partial charge in [0.05, 0.1) is 5.56 Å². The van der Waals surface area contributed by atoms with E-state index < -0.39 is 0 Å². The molecule has 0 spiro atoms. The number of carbonyl (C=O) groups excluding carboxylic acids is 1. The summed E-state index contributed by atoms with van der Waals surface area (Å²) in [5, 5.41) is 12.1. The van der Waals surface area contributed by atoms with Crippen LogP contribution in [0.4, 0.5) is 0 Å². The minimum Gasteiger partial charge on any atom is -0.469 e. The molecule has 2 unspecified atom stereocenters. The van der Waals surface area contributed by atoms with Crippen LogP contribution >= 0.6 is 0 Å². The average molecular weight is 223 g/mol. The molecule has 2 rings (SSSR count). The Morgan fingerprint density at radius 3 is 3.06 bits per heavy atom. The van der Waals surface area contributed by atoms with Crippen LogP contribution in [0.5, 0.6) is 0 Å². The predicted octanol–water partition coefficient (Wildman–Crippen LogP) is 1.48. The maximum Gasteiger partial charge on any atom is 0.254 e. The normalized spacial score (nSPS) is 24.6. The van der Waals surface area contributed by atoms with E-state index in [1.54, 1.807) is 6.07 Å². The molecule has 1 aromatic heterocycles. The zero-order valence-electron chi connectivity index (χ0n) is 9.40. The second-order valence-electron chi connectivity index (χ2n) is 4.40. The largest absolute Gasteiger partial charge is 0.469 e. The van der Waals surface area contributed by atoms with Crippen molar-refractivity contribution in [2.45, 2.75) is 32.2 Å². The molecule has 1 aromatic rings. The molecular formula is C12H17NO3. The summed E-state index contributed by atoms with van der Waals surface area (Å²) < 4.78 is 5.09. The van der Waals surface area contributed by atoms with Crippen LogP contribution in [0.2, 0.25) is 0 Å². The topological polar surface area (TPSA) is 62.5 Å². The Morgan fingerprint density at radius 1 is 1.62 bits per heavy atom. The number of hydrogen-bond acceptors (Lipinski definition) is 3. The smallest absolute Gasteiger partial charge is 0.254 e. The van der Waals surface area contributed by atoms with Crippen molar-refractivity contribution in [3.05, 3.63) is 23.7 Å². The van der Waals surface area contributed by atoms with Crippen LogP contribution in [0, 0.1) is 12.8 Å². The van der Waals surface area contributed by atoms with Gasteiger partial charge in [-0.2, -0.15) is 0 Å². The van der Waals surface area contributed by atoms with Gasteiger partial charge in [-0.3, -0.25) is 4.79 Å². The molecule has 0 aromatic carbocycles. The third-order valence-electron chi connectivity index (χ3n) is 3.20. The summed E-state index contributed by atoms with van der Waals surface area (Å²) in [6.45, 7) is 1.96. The molecule has 1 heterocycles. The molecule has 16 heavy (non-hydrogen) atoms. The average Bonchev–Trinajstić information content (AvgIpc) is 2.86. The minimum absolute atomic E-state index is 0.104. The summed E-state index contributed by atoms with van der Waals surface area (Å²) in [5.74, 6) is 0.828. The van der Waals surface area contributed by atoms with Gasteiger partial charge in [-0.05, 0) is 25.8 Å². The van der Waals surface area contributed by atoms with Crippen LogP contribution in [-0.2, 0) is 0 Å². The number of aliphatic hydroxyl groups is 1. The van der Waals surface area contributed by atoms with E-state index in [1.165, 1.54) is 6.26 Å². The fourth-order valence-electron chi connectivity index (χ4n) is 2.26. The maximum atomic E-state index is 11.8. The van der Waals surface area contributed by atoms with E-state index >= 15 is 0 Å². The third kappa shape index (κ3) is 2.27.